The van der Waals surface area contributed by atoms with Crippen LogP contribution in [0.4, 0.5) is 5.69 Å². The van der Waals surface area contributed by atoms with Crippen molar-refractivity contribution < 1.29 is 14.3 Å². The fourth-order valence-electron chi connectivity index (χ4n) is 3.97. The van der Waals surface area contributed by atoms with Gasteiger partial charge >= 0.3 is 0 Å². The molecule has 1 aliphatic rings. The number of anilines is 1. The van der Waals surface area contributed by atoms with Crippen molar-refractivity contribution in [1.29, 1.82) is 0 Å². The van der Waals surface area contributed by atoms with Crippen molar-refractivity contribution in [3.63, 3.8) is 0 Å². The summed E-state index contributed by atoms with van der Waals surface area (Å²) in [7, 11) is 5.63. The van der Waals surface area contributed by atoms with Crippen LogP contribution in [0, 0.1) is 0 Å². The first-order valence-corrected chi connectivity index (χ1v) is 10.7. The number of fused-ring (bicyclic) bond motifs is 1. The molecule has 2 aromatic carbocycles. The van der Waals surface area contributed by atoms with Crippen molar-refractivity contribution in [2.45, 2.75) is 38.5 Å². The maximum absolute atomic E-state index is 12.6. The van der Waals surface area contributed by atoms with Gasteiger partial charge in [-0.2, -0.15) is 0 Å². The van der Waals surface area contributed by atoms with Crippen LogP contribution >= 0.6 is 0 Å². The van der Waals surface area contributed by atoms with Gasteiger partial charge in [0.1, 0.15) is 5.75 Å². The second kappa shape index (κ2) is 10.4. The van der Waals surface area contributed by atoms with Gasteiger partial charge in [-0.1, -0.05) is 18.2 Å². The van der Waals surface area contributed by atoms with Crippen LogP contribution in [0.25, 0.3) is 0 Å². The first kappa shape index (κ1) is 22.0. The molecule has 1 amide bonds. The third kappa shape index (κ3) is 5.48. The fraction of sp³-hybridized carbons (Fsp3) is 0.440. The average Bonchev–Trinajstić information content (AvgIpc) is 2.77. The number of para-hydroxylation sites is 1. The minimum absolute atomic E-state index is 0.136. The van der Waals surface area contributed by atoms with Crippen LogP contribution in [0.5, 0.6) is 5.75 Å². The van der Waals surface area contributed by atoms with Crippen LogP contribution in [-0.4, -0.2) is 50.9 Å². The summed E-state index contributed by atoms with van der Waals surface area (Å²) in [6.07, 6.45) is 4.63. The van der Waals surface area contributed by atoms with Crippen LogP contribution < -0.4 is 9.64 Å². The molecule has 0 saturated carbocycles. The summed E-state index contributed by atoms with van der Waals surface area (Å²) in [6, 6.07) is 13.9. The van der Waals surface area contributed by atoms with Gasteiger partial charge in [-0.3, -0.25) is 9.59 Å². The molecule has 0 spiro atoms. The van der Waals surface area contributed by atoms with E-state index in [9.17, 15) is 9.59 Å². The molecule has 0 aromatic heterocycles. The van der Waals surface area contributed by atoms with E-state index in [1.165, 1.54) is 5.56 Å². The van der Waals surface area contributed by atoms with Crippen molar-refractivity contribution in [3.8, 4) is 5.75 Å². The number of aryl methyl sites for hydroxylation is 1. The van der Waals surface area contributed by atoms with E-state index < -0.39 is 0 Å². The summed E-state index contributed by atoms with van der Waals surface area (Å²) in [5, 5.41) is 0. The molecular formula is C25H32N2O3. The summed E-state index contributed by atoms with van der Waals surface area (Å²) < 4.78 is 5.42. The van der Waals surface area contributed by atoms with Gasteiger partial charge in [-0.15, -0.1) is 0 Å². The van der Waals surface area contributed by atoms with E-state index in [0.29, 0.717) is 12.8 Å². The highest BCUT2D eigenvalue weighted by atomic mass is 16.5. The molecule has 1 aliphatic heterocycles. The number of unbranched alkanes of at least 4 members (excludes halogenated alkanes) is 1. The van der Waals surface area contributed by atoms with E-state index in [2.05, 4.69) is 18.0 Å². The molecule has 1 heterocycles. The predicted molar refractivity (Wildman–Crippen MR) is 121 cm³/mol. The zero-order valence-electron chi connectivity index (χ0n) is 18.3. The van der Waals surface area contributed by atoms with Gasteiger partial charge in [-0.25, -0.2) is 0 Å². The number of ketones is 1. The lowest BCUT2D eigenvalue weighted by molar-refractivity contribution is -0.118. The Balaban J connectivity index is 1.41. The van der Waals surface area contributed by atoms with Crippen LogP contribution in [0.1, 0.15) is 47.2 Å². The van der Waals surface area contributed by atoms with E-state index in [4.69, 9.17) is 4.74 Å². The Kier molecular flexibility index (Phi) is 7.63. The normalized spacial score (nSPS) is 13.5. The van der Waals surface area contributed by atoms with Crippen LogP contribution in [0.15, 0.2) is 42.5 Å². The third-order valence-corrected chi connectivity index (χ3v) is 5.89. The highest BCUT2D eigenvalue weighted by Crippen LogP contribution is 2.28. The SMILES string of the molecule is COc1ccccc1CCN(C)CCCCC(=O)c1ccc2c(c1)CCC(=O)N2C. The number of nitrogens with zero attached hydrogens (tertiary/aromatic N) is 2. The molecule has 5 nitrogen and oxygen atoms in total. The molecule has 0 unspecified atom stereocenters. The second-order valence-corrected chi connectivity index (χ2v) is 8.04. The third-order valence-electron chi connectivity index (χ3n) is 5.89. The topological polar surface area (TPSA) is 49.9 Å². The molecule has 2 aromatic rings. The smallest absolute Gasteiger partial charge is 0.227 e. The summed E-state index contributed by atoms with van der Waals surface area (Å²) in [4.78, 5) is 28.4. The molecule has 160 valence electrons. The van der Waals surface area contributed by atoms with E-state index in [1.807, 2.05) is 36.4 Å². The predicted octanol–water partition coefficient (Wildman–Crippen LogP) is 4.13. The van der Waals surface area contributed by atoms with Gasteiger partial charge < -0.3 is 14.5 Å². The van der Waals surface area contributed by atoms with Crippen LogP contribution in [0.3, 0.4) is 0 Å². The molecule has 0 saturated heterocycles. The Labute approximate surface area is 179 Å². The lowest BCUT2D eigenvalue weighted by Crippen LogP contribution is -2.31. The number of Topliss-reactive ketones (excluding diaryl/α,β-unsaturated/α-hetero) is 1. The van der Waals surface area contributed by atoms with Crippen LogP contribution in [-0.2, 0) is 17.6 Å². The highest BCUT2D eigenvalue weighted by molar-refractivity contribution is 5.99. The molecule has 0 atom stereocenters. The number of ether oxygens (including phenoxy) is 1. The van der Waals surface area contributed by atoms with Gasteiger partial charge in [0.25, 0.3) is 0 Å². The van der Waals surface area contributed by atoms with Gasteiger partial charge in [-0.05, 0) is 74.7 Å². The van der Waals surface area contributed by atoms with Crippen molar-refractivity contribution in [3.05, 3.63) is 59.2 Å². The fourth-order valence-corrected chi connectivity index (χ4v) is 3.97. The second-order valence-electron chi connectivity index (χ2n) is 8.04. The number of hydrogen-bond acceptors (Lipinski definition) is 4. The molecule has 30 heavy (non-hydrogen) atoms. The van der Waals surface area contributed by atoms with Gasteiger partial charge in [0.2, 0.25) is 5.91 Å². The summed E-state index contributed by atoms with van der Waals surface area (Å²) in [5.74, 6) is 1.27. The first-order valence-electron chi connectivity index (χ1n) is 10.7. The Morgan fingerprint density at radius 3 is 2.70 bits per heavy atom. The van der Waals surface area contributed by atoms with E-state index >= 15 is 0 Å². The lowest BCUT2D eigenvalue weighted by atomic mass is 9.96. The van der Waals surface area contributed by atoms with Crippen molar-refractivity contribution in [2.24, 2.45) is 0 Å². The molecule has 0 radical (unpaired) electrons. The number of amides is 1. The molecule has 5 heteroatoms. The molecule has 0 bridgehead atoms. The van der Waals surface area contributed by atoms with Crippen molar-refractivity contribution in [1.82, 2.24) is 4.90 Å². The Hall–Kier alpha value is -2.66. The molecular weight excluding hydrogens is 376 g/mol. The Morgan fingerprint density at radius 2 is 1.90 bits per heavy atom. The quantitative estimate of drug-likeness (QED) is 0.438. The van der Waals surface area contributed by atoms with E-state index in [-0.39, 0.29) is 11.7 Å². The van der Waals surface area contributed by atoms with Crippen molar-refractivity contribution >= 4 is 17.4 Å². The summed E-state index contributed by atoms with van der Waals surface area (Å²) in [5.41, 5.74) is 4.02. The molecule has 0 fully saturated rings. The van der Waals surface area contributed by atoms with Gasteiger partial charge in [0.15, 0.2) is 5.78 Å². The standard InChI is InChI=1S/C25H32N2O3/c1-26(17-15-19-8-4-5-10-24(19)30-3)16-7-6-9-23(28)21-11-13-22-20(18-21)12-14-25(29)27(22)2/h4-5,8,10-11,13,18H,6-7,9,12,14-17H2,1-3H3. The number of hydrogen-bond donors (Lipinski definition) is 0. The monoisotopic (exact) mass is 408 g/mol. The van der Waals surface area contributed by atoms with Crippen molar-refractivity contribution in [2.75, 3.05) is 39.2 Å². The summed E-state index contributed by atoms with van der Waals surface area (Å²) in [6.45, 7) is 1.94. The van der Waals surface area contributed by atoms with Gasteiger partial charge in [0, 0.05) is 37.7 Å². The van der Waals surface area contributed by atoms with E-state index in [0.717, 1.165) is 61.3 Å². The minimum Gasteiger partial charge on any atom is -0.496 e. The lowest BCUT2D eigenvalue weighted by Gasteiger charge is -2.26. The minimum atomic E-state index is 0.136. The molecule has 3 rings (SSSR count). The maximum atomic E-state index is 12.6. The Morgan fingerprint density at radius 1 is 1.10 bits per heavy atom. The highest BCUT2D eigenvalue weighted by Gasteiger charge is 2.21. The van der Waals surface area contributed by atoms with Gasteiger partial charge in [0.05, 0.1) is 7.11 Å². The molecule has 0 aliphatic carbocycles. The van der Waals surface area contributed by atoms with E-state index in [1.54, 1.807) is 19.1 Å². The number of benzene rings is 2. The average molecular weight is 409 g/mol. The number of carbonyl (C=O) groups excluding carboxylic acids is 2. The maximum Gasteiger partial charge on any atom is 0.227 e. The molecule has 0 N–H and O–H groups in total. The number of rotatable bonds is 10. The first-order chi connectivity index (χ1) is 14.5. The summed E-state index contributed by atoms with van der Waals surface area (Å²) >= 11 is 0. The zero-order valence-corrected chi connectivity index (χ0v) is 18.3. The number of likely N-dealkylation sites (N-methyl/N-ethyl adjacent to an activating group) is 1. The number of methoxy groups -OCH3 is 1. The number of carbonyl (C=O) groups is 2. The van der Waals surface area contributed by atoms with Crippen LogP contribution in [0.2, 0.25) is 0 Å². The zero-order chi connectivity index (χ0) is 21.5. The Bertz CT molecular complexity index is 894. The largest absolute Gasteiger partial charge is 0.496 e.